The zero-order valence-corrected chi connectivity index (χ0v) is 12.7. The van der Waals surface area contributed by atoms with Gasteiger partial charge in [0.1, 0.15) is 5.75 Å². The highest BCUT2D eigenvalue weighted by molar-refractivity contribution is 5.56. The molecule has 0 aromatic heterocycles. The third kappa shape index (κ3) is 4.32. The summed E-state index contributed by atoms with van der Waals surface area (Å²) in [6.07, 6.45) is 3.25. The molecule has 6 nitrogen and oxygen atoms in total. The van der Waals surface area contributed by atoms with Gasteiger partial charge in [0.2, 0.25) is 0 Å². The monoisotopic (exact) mass is 293 g/mol. The number of hydrogen-bond acceptors (Lipinski definition) is 5. The lowest BCUT2D eigenvalue weighted by Crippen LogP contribution is -2.31. The molecule has 1 aliphatic rings. The van der Waals surface area contributed by atoms with E-state index in [2.05, 4.69) is 17.3 Å². The van der Waals surface area contributed by atoms with Gasteiger partial charge in [0.15, 0.2) is 0 Å². The summed E-state index contributed by atoms with van der Waals surface area (Å²) in [6, 6.07) is 5.36. The zero-order valence-electron chi connectivity index (χ0n) is 12.7. The van der Waals surface area contributed by atoms with Crippen molar-refractivity contribution in [3.8, 4) is 5.75 Å². The Balaban J connectivity index is 2.05. The number of nitro groups is 1. The Morgan fingerprint density at radius 3 is 2.90 bits per heavy atom. The van der Waals surface area contributed by atoms with E-state index in [0.29, 0.717) is 18.4 Å². The van der Waals surface area contributed by atoms with Gasteiger partial charge in [0.25, 0.3) is 5.69 Å². The topological polar surface area (TPSA) is 67.6 Å². The first-order valence-electron chi connectivity index (χ1n) is 7.46. The molecule has 1 atom stereocenters. The number of ether oxygens (including phenoxy) is 1. The van der Waals surface area contributed by atoms with E-state index in [-0.39, 0.29) is 10.6 Å². The van der Waals surface area contributed by atoms with Gasteiger partial charge in [-0.1, -0.05) is 6.92 Å². The Morgan fingerprint density at radius 1 is 1.48 bits per heavy atom. The molecular weight excluding hydrogens is 270 g/mol. The predicted molar refractivity (Wildman–Crippen MR) is 83.0 cm³/mol. The number of likely N-dealkylation sites (N-methyl/N-ethyl adjacent to an activating group) is 1. The van der Waals surface area contributed by atoms with Crippen LogP contribution >= 0.6 is 0 Å². The van der Waals surface area contributed by atoms with Crippen LogP contribution in [0.25, 0.3) is 0 Å². The molecule has 0 radical (unpaired) electrons. The minimum atomic E-state index is -0.383. The molecule has 0 amide bonds. The van der Waals surface area contributed by atoms with Crippen molar-refractivity contribution in [2.45, 2.75) is 32.2 Å². The van der Waals surface area contributed by atoms with Gasteiger partial charge in [-0.3, -0.25) is 10.1 Å². The molecule has 1 aliphatic heterocycles. The molecule has 0 bridgehead atoms. The molecule has 1 heterocycles. The Bertz CT molecular complexity index is 493. The first-order chi connectivity index (χ1) is 10.1. The molecule has 1 unspecified atom stereocenters. The Kier molecular flexibility index (Phi) is 5.38. The summed E-state index contributed by atoms with van der Waals surface area (Å²) >= 11 is 0. The fourth-order valence-corrected chi connectivity index (χ4v) is 2.57. The summed E-state index contributed by atoms with van der Waals surface area (Å²) in [5.41, 5.74) is 0.807. The van der Waals surface area contributed by atoms with Gasteiger partial charge < -0.3 is 15.0 Å². The minimum absolute atomic E-state index is 0.0610. The molecule has 0 saturated carbocycles. The quantitative estimate of drug-likeness (QED) is 0.618. The van der Waals surface area contributed by atoms with E-state index in [1.54, 1.807) is 6.07 Å². The number of rotatable bonds is 7. The van der Waals surface area contributed by atoms with E-state index in [4.69, 9.17) is 4.74 Å². The summed E-state index contributed by atoms with van der Waals surface area (Å²) in [7, 11) is 2.11. The molecule has 1 aromatic carbocycles. The molecule has 0 spiro atoms. The van der Waals surface area contributed by atoms with Crippen LogP contribution < -0.4 is 10.1 Å². The van der Waals surface area contributed by atoms with Crippen LogP contribution in [0.2, 0.25) is 0 Å². The molecule has 21 heavy (non-hydrogen) atoms. The van der Waals surface area contributed by atoms with Gasteiger partial charge in [0.05, 0.1) is 17.6 Å². The number of nitro benzene ring substituents is 1. The van der Waals surface area contributed by atoms with E-state index < -0.39 is 0 Å². The fourth-order valence-electron chi connectivity index (χ4n) is 2.57. The molecule has 1 N–H and O–H groups in total. The van der Waals surface area contributed by atoms with Crippen LogP contribution in [-0.2, 0) is 0 Å². The lowest BCUT2D eigenvalue weighted by atomic mass is 10.2. The number of non-ortho nitro benzene ring substituents is 1. The Labute approximate surface area is 125 Å². The summed E-state index contributed by atoms with van der Waals surface area (Å²) in [5.74, 6) is 0.549. The van der Waals surface area contributed by atoms with Gasteiger partial charge in [-0.25, -0.2) is 0 Å². The third-order valence-electron chi connectivity index (χ3n) is 3.79. The lowest BCUT2D eigenvalue weighted by molar-refractivity contribution is -0.384. The fraction of sp³-hybridized carbons (Fsp3) is 0.600. The van der Waals surface area contributed by atoms with Crippen LogP contribution in [0.5, 0.6) is 5.75 Å². The third-order valence-corrected chi connectivity index (χ3v) is 3.79. The number of benzene rings is 1. The van der Waals surface area contributed by atoms with Gasteiger partial charge in [-0.05, 0) is 32.9 Å². The number of anilines is 1. The standard InChI is InChI=1S/C15H23N3O3/c1-3-7-21-15-9-12(8-14(10-15)18(19)20)16-11-13-5-4-6-17(13)2/h8-10,13,16H,3-7,11H2,1-2H3. The van der Waals surface area contributed by atoms with Crippen LogP contribution in [-0.4, -0.2) is 42.6 Å². The second kappa shape index (κ2) is 7.26. The summed E-state index contributed by atoms with van der Waals surface area (Å²) in [6.45, 7) is 4.48. The zero-order chi connectivity index (χ0) is 15.2. The molecule has 116 valence electrons. The Morgan fingerprint density at radius 2 is 2.29 bits per heavy atom. The van der Waals surface area contributed by atoms with E-state index in [1.165, 1.54) is 12.5 Å². The van der Waals surface area contributed by atoms with Crippen molar-refractivity contribution in [3.05, 3.63) is 28.3 Å². The molecule has 6 heteroatoms. The van der Waals surface area contributed by atoms with Crippen molar-refractivity contribution < 1.29 is 9.66 Å². The van der Waals surface area contributed by atoms with Crippen molar-refractivity contribution in [1.29, 1.82) is 0 Å². The minimum Gasteiger partial charge on any atom is -0.493 e. The average molecular weight is 293 g/mol. The second-order valence-corrected chi connectivity index (χ2v) is 5.48. The second-order valence-electron chi connectivity index (χ2n) is 5.48. The Hall–Kier alpha value is -1.82. The number of likely N-dealkylation sites (tertiary alicyclic amines) is 1. The van der Waals surface area contributed by atoms with E-state index in [1.807, 2.05) is 13.0 Å². The van der Waals surface area contributed by atoms with Crippen molar-refractivity contribution >= 4 is 11.4 Å². The van der Waals surface area contributed by atoms with Crippen LogP contribution in [0.1, 0.15) is 26.2 Å². The predicted octanol–water partition coefficient (Wildman–Crippen LogP) is 2.89. The maximum Gasteiger partial charge on any atom is 0.275 e. The van der Waals surface area contributed by atoms with Crippen LogP contribution in [0, 0.1) is 10.1 Å². The SMILES string of the molecule is CCCOc1cc(NCC2CCCN2C)cc([N+](=O)[O-])c1. The van der Waals surface area contributed by atoms with Crippen molar-refractivity contribution in [3.63, 3.8) is 0 Å². The largest absolute Gasteiger partial charge is 0.493 e. The first-order valence-corrected chi connectivity index (χ1v) is 7.46. The number of nitrogens with one attached hydrogen (secondary N) is 1. The number of nitrogens with zero attached hydrogens (tertiary/aromatic N) is 2. The van der Waals surface area contributed by atoms with Crippen molar-refractivity contribution in [2.24, 2.45) is 0 Å². The molecule has 1 aromatic rings. The summed E-state index contributed by atoms with van der Waals surface area (Å²) in [4.78, 5) is 12.9. The van der Waals surface area contributed by atoms with Crippen LogP contribution in [0.4, 0.5) is 11.4 Å². The van der Waals surface area contributed by atoms with Gasteiger partial charge in [-0.2, -0.15) is 0 Å². The lowest BCUT2D eigenvalue weighted by Gasteiger charge is -2.20. The highest BCUT2D eigenvalue weighted by Crippen LogP contribution is 2.26. The smallest absolute Gasteiger partial charge is 0.275 e. The average Bonchev–Trinajstić information content (AvgIpc) is 2.88. The molecular formula is C15H23N3O3. The van der Waals surface area contributed by atoms with Gasteiger partial charge in [0, 0.05) is 30.4 Å². The summed E-state index contributed by atoms with van der Waals surface area (Å²) in [5, 5.41) is 14.3. The highest BCUT2D eigenvalue weighted by Gasteiger charge is 2.20. The molecule has 2 rings (SSSR count). The molecule has 1 saturated heterocycles. The van der Waals surface area contributed by atoms with Gasteiger partial charge >= 0.3 is 0 Å². The van der Waals surface area contributed by atoms with Crippen molar-refractivity contribution in [2.75, 3.05) is 32.1 Å². The number of hydrogen-bond donors (Lipinski definition) is 1. The van der Waals surface area contributed by atoms with E-state index in [9.17, 15) is 10.1 Å². The van der Waals surface area contributed by atoms with Crippen LogP contribution in [0.15, 0.2) is 18.2 Å². The van der Waals surface area contributed by atoms with Crippen LogP contribution in [0.3, 0.4) is 0 Å². The van der Waals surface area contributed by atoms with Crippen molar-refractivity contribution in [1.82, 2.24) is 4.90 Å². The maximum absolute atomic E-state index is 11.0. The van der Waals surface area contributed by atoms with Gasteiger partial charge in [-0.15, -0.1) is 0 Å². The first kappa shape index (κ1) is 15.6. The molecule has 0 aliphatic carbocycles. The van der Waals surface area contributed by atoms with E-state index in [0.717, 1.165) is 31.6 Å². The normalized spacial score (nSPS) is 18.7. The summed E-state index contributed by atoms with van der Waals surface area (Å²) < 4.78 is 5.52. The maximum atomic E-state index is 11.0. The van der Waals surface area contributed by atoms with E-state index >= 15 is 0 Å². The molecule has 1 fully saturated rings. The highest BCUT2D eigenvalue weighted by atomic mass is 16.6.